The van der Waals surface area contributed by atoms with Gasteiger partial charge in [0.05, 0.1) is 29.6 Å². The Kier molecular flexibility index (Phi) is 8.97. The molecule has 1 amide bonds. The maximum absolute atomic E-state index is 15.2. The van der Waals surface area contributed by atoms with Crippen molar-refractivity contribution in [3.8, 4) is 28.4 Å². The molecule has 1 atom stereocenters. The Morgan fingerprint density at radius 1 is 1.26 bits per heavy atom. The number of piperidine rings is 1. The quantitative estimate of drug-likeness (QED) is 0.369. The number of amides is 1. The minimum atomic E-state index is -0.716. The van der Waals surface area contributed by atoms with Crippen LogP contribution in [0.3, 0.4) is 0 Å². The highest BCUT2D eigenvalue weighted by Crippen LogP contribution is 2.35. The van der Waals surface area contributed by atoms with Crippen LogP contribution in [0.2, 0.25) is 0 Å². The van der Waals surface area contributed by atoms with Gasteiger partial charge in [0, 0.05) is 31.2 Å². The van der Waals surface area contributed by atoms with Crippen LogP contribution in [0.15, 0.2) is 22.7 Å². The fourth-order valence-corrected chi connectivity index (χ4v) is 4.62. The second kappa shape index (κ2) is 12.4. The zero-order chi connectivity index (χ0) is 28.1. The number of aromatic nitrogens is 3. The average molecular weight is 543 g/mol. The molecule has 210 valence electrons. The predicted molar refractivity (Wildman–Crippen MR) is 143 cm³/mol. The summed E-state index contributed by atoms with van der Waals surface area (Å²) in [6.07, 6.45) is 0.333. The van der Waals surface area contributed by atoms with E-state index >= 15 is 4.39 Å². The van der Waals surface area contributed by atoms with E-state index < -0.39 is 11.9 Å². The smallest absolute Gasteiger partial charge is 0.409 e. The molecule has 0 unspecified atom stereocenters. The largest absolute Gasteiger partial charge is 0.491 e. The highest BCUT2D eigenvalue weighted by molar-refractivity contribution is 5.75. The normalized spacial score (nSPS) is 14.8. The molecule has 0 radical (unpaired) electrons. The first-order chi connectivity index (χ1) is 18.7. The van der Waals surface area contributed by atoms with Crippen molar-refractivity contribution in [1.29, 1.82) is 0 Å². The van der Waals surface area contributed by atoms with E-state index in [0.717, 1.165) is 11.1 Å². The molecule has 3 N–H and O–H groups in total. The van der Waals surface area contributed by atoms with Crippen molar-refractivity contribution in [1.82, 2.24) is 25.3 Å². The molecule has 1 aromatic carbocycles. The summed E-state index contributed by atoms with van der Waals surface area (Å²) >= 11 is 0. The third-order valence-electron chi connectivity index (χ3n) is 6.75. The molecule has 0 spiro atoms. The van der Waals surface area contributed by atoms with E-state index in [1.807, 2.05) is 13.8 Å². The van der Waals surface area contributed by atoms with Gasteiger partial charge in [-0.25, -0.2) is 19.2 Å². The monoisotopic (exact) mass is 542 g/mol. The van der Waals surface area contributed by atoms with Crippen molar-refractivity contribution >= 4 is 11.9 Å². The SMILES string of the molecule is CNC[C@@H](O)COc1ccc(F)c(-c2nc(NC3CCN(C(=O)OC)CC3)c(C)c(-c3c(C)noc3C)n2)c1. The fourth-order valence-electron chi connectivity index (χ4n) is 4.62. The summed E-state index contributed by atoms with van der Waals surface area (Å²) in [5.74, 6) is 1.19. The third kappa shape index (κ3) is 6.45. The first-order valence-electron chi connectivity index (χ1n) is 12.9. The van der Waals surface area contributed by atoms with E-state index in [2.05, 4.69) is 15.8 Å². The molecule has 39 heavy (non-hydrogen) atoms. The molecular formula is C27H35FN6O5. The number of carbonyl (C=O) groups excluding carboxylic acids is 1. The van der Waals surface area contributed by atoms with Crippen LogP contribution in [0.25, 0.3) is 22.6 Å². The second-order valence-corrected chi connectivity index (χ2v) is 9.61. The highest BCUT2D eigenvalue weighted by Gasteiger charge is 2.26. The number of anilines is 1. The molecule has 1 saturated heterocycles. The van der Waals surface area contributed by atoms with E-state index in [1.165, 1.54) is 25.3 Å². The molecular weight excluding hydrogens is 507 g/mol. The minimum Gasteiger partial charge on any atom is -0.491 e. The molecule has 1 fully saturated rings. The Hall–Kier alpha value is -3.77. The fraction of sp³-hybridized carbons (Fsp3) is 0.481. The zero-order valence-electron chi connectivity index (χ0n) is 22.9. The summed E-state index contributed by atoms with van der Waals surface area (Å²) < 4.78 is 31.1. The summed E-state index contributed by atoms with van der Waals surface area (Å²) in [5.41, 5.74) is 2.90. The van der Waals surface area contributed by atoms with Crippen LogP contribution < -0.4 is 15.4 Å². The summed E-state index contributed by atoms with van der Waals surface area (Å²) in [5, 5.41) is 20.4. The summed E-state index contributed by atoms with van der Waals surface area (Å²) in [6.45, 7) is 7.03. The van der Waals surface area contributed by atoms with E-state index in [0.29, 0.717) is 61.2 Å². The number of nitrogens with one attached hydrogen (secondary N) is 2. The average Bonchev–Trinajstić information content (AvgIpc) is 3.27. The van der Waals surface area contributed by atoms with Crippen LogP contribution in [0.5, 0.6) is 5.75 Å². The van der Waals surface area contributed by atoms with Gasteiger partial charge in [0.15, 0.2) is 5.82 Å². The second-order valence-electron chi connectivity index (χ2n) is 9.61. The molecule has 3 heterocycles. The predicted octanol–water partition coefficient (Wildman–Crippen LogP) is 3.46. The van der Waals surface area contributed by atoms with Gasteiger partial charge in [0.1, 0.15) is 35.9 Å². The van der Waals surface area contributed by atoms with Gasteiger partial charge in [0.2, 0.25) is 0 Å². The van der Waals surface area contributed by atoms with Gasteiger partial charge in [-0.2, -0.15) is 0 Å². The van der Waals surface area contributed by atoms with Gasteiger partial charge in [-0.15, -0.1) is 0 Å². The topological polar surface area (TPSA) is 135 Å². The van der Waals surface area contributed by atoms with E-state index in [9.17, 15) is 9.90 Å². The van der Waals surface area contributed by atoms with E-state index in [-0.39, 0.29) is 30.1 Å². The number of likely N-dealkylation sites (tertiary alicyclic amines) is 1. The molecule has 0 saturated carbocycles. The Bertz CT molecular complexity index is 1290. The lowest BCUT2D eigenvalue weighted by Crippen LogP contribution is -2.42. The van der Waals surface area contributed by atoms with Crippen LogP contribution in [0, 0.1) is 26.6 Å². The number of carbonyl (C=O) groups is 1. The van der Waals surface area contributed by atoms with Crippen molar-refractivity contribution in [2.75, 3.05) is 45.7 Å². The molecule has 3 aromatic rings. The number of aliphatic hydroxyl groups is 1. The Balaban J connectivity index is 1.70. The first-order valence-corrected chi connectivity index (χ1v) is 12.9. The Morgan fingerprint density at radius 2 is 2.00 bits per heavy atom. The number of aliphatic hydroxyl groups excluding tert-OH is 1. The molecule has 4 rings (SSSR count). The molecule has 0 aliphatic carbocycles. The minimum absolute atomic E-state index is 0.0399. The molecule has 12 heteroatoms. The number of likely N-dealkylation sites (N-methyl/N-ethyl adjacent to an activating group) is 1. The van der Waals surface area contributed by atoms with Gasteiger partial charge in [-0.1, -0.05) is 5.16 Å². The Morgan fingerprint density at radius 3 is 2.64 bits per heavy atom. The van der Waals surface area contributed by atoms with Crippen LogP contribution in [0.4, 0.5) is 15.0 Å². The molecule has 2 aromatic heterocycles. The number of rotatable bonds is 9. The number of methoxy groups -OCH3 is 1. The van der Waals surface area contributed by atoms with Crippen LogP contribution in [0.1, 0.15) is 29.9 Å². The van der Waals surface area contributed by atoms with Gasteiger partial charge in [-0.05, 0) is 58.9 Å². The van der Waals surface area contributed by atoms with Gasteiger partial charge >= 0.3 is 6.09 Å². The number of ether oxygens (including phenoxy) is 2. The first kappa shape index (κ1) is 28.2. The van der Waals surface area contributed by atoms with Crippen molar-refractivity contribution in [3.05, 3.63) is 41.0 Å². The van der Waals surface area contributed by atoms with Crippen LogP contribution in [-0.4, -0.2) is 83.8 Å². The summed E-state index contributed by atoms with van der Waals surface area (Å²) in [4.78, 5) is 23.0. The lowest BCUT2D eigenvalue weighted by molar-refractivity contribution is 0.108. The number of hydrogen-bond acceptors (Lipinski definition) is 10. The maximum atomic E-state index is 15.2. The summed E-state index contributed by atoms with van der Waals surface area (Å²) in [6, 6.07) is 4.37. The van der Waals surface area contributed by atoms with Crippen molar-refractivity contribution in [3.63, 3.8) is 0 Å². The standard InChI is InChI=1S/C27H35FN6O5/c1-15-24(23-16(2)33-39-17(23)3)31-26(21-12-20(6-7-22(21)28)38-14-19(35)13-29-4)32-25(15)30-18-8-10-34(11-9-18)27(36)37-5/h6-7,12,18-19,29,35H,8-11,13-14H2,1-5H3,(H,30,31,32)/t19-/m1/s1. The number of halogens is 1. The maximum Gasteiger partial charge on any atom is 0.409 e. The van der Waals surface area contributed by atoms with Crippen LogP contribution in [-0.2, 0) is 4.74 Å². The number of benzene rings is 1. The lowest BCUT2D eigenvalue weighted by Gasteiger charge is -2.32. The molecule has 1 aliphatic heterocycles. The molecule has 0 bridgehead atoms. The zero-order valence-corrected chi connectivity index (χ0v) is 22.9. The van der Waals surface area contributed by atoms with Gasteiger partial charge < -0.3 is 34.6 Å². The van der Waals surface area contributed by atoms with Crippen molar-refractivity contribution in [2.45, 2.75) is 45.8 Å². The Labute approximate surface area is 226 Å². The number of nitrogens with zero attached hydrogens (tertiary/aromatic N) is 4. The van der Waals surface area contributed by atoms with Gasteiger partial charge in [0.25, 0.3) is 0 Å². The van der Waals surface area contributed by atoms with Gasteiger partial charge in [-0.3, -0.25) is 0 Å². The lowest BCUT2D eigenvalue weighted by atomic mass is 10.0. The number of aryl methyl sites for hydroxylation is 2. The van der Waals surface area contributed by atoms with Crippen molar-refractivity contribution < 1.29 is 28.3 Å². The summed E-state index contributed by atoms with van der Waals surface area (Å²) in [7, 11) is 3.11. The van der Waals surface area contributed by atoms with Crippen molar-refractivity contribution in [2.24, 2.45) is 0 Å². The van der Waals surface area contributed by atoms with Crippen LogP contribution >= 0.6 is 0 Å². The van der Waals surface area contributed by atoms with E-state index in [1.54, 1.807) is 18.9 Å². The third-order valence-corrected chi connectivity index (χ3v) is 6.75. The highest BCUT2D eigenvalue weighted by atomic mass is 19.1. The molecule has 1 aliphatic rings. The van der Waals surface area contributed by atoms with E-state index in [4.69, 9.17) is 24.0 Å². The molecule has 11 nitrogen and oxygen atoms in total. The number of hydrogen-bond donors (Lipinski definition) is 3.